The molecule has 152 valence electrons. The summed E-state index contributed by atoms with van der Waals surface area (Å²) in [6.45, 7) is 2.27. The smallest absolute Gasteiger partial charge is 0.315 e. The van der Waals surface area contributed by atoms with Crippen LogP contribution in [0.1, 0.15) is 18.9 Å². The van der Waals surface area contributed by atoms with Gasteiger partial charge in [-0.3, -0.25) is 15.0 Å². The molecule has 2 rings (SSSR count). The van der Waals surface area contributed by atoms with Gasteiger partial charge in [0, 0.05) is 12.5 Å². The molecule has 0 saturated carbocycles. The molecule has 10 heteroatoms. The zero-order valence-electron chi connectivity index (χ0n) is 16.1. The highest BCUT2D eigenvalue weighted by atomic mass is 32.1. The summed E-state index contributed by atoms with van der Waals surface area (Å²) >= 11 is 6.59. The van der Waals surface area contributed by atoms with Gasteiger partial charge < -0.3 is 18.9 Å². The topological polar surface area (TPSA) is 88.0 Å². The van der Waals surface area contributed by atoms with Crippen LogP contribution >= 0.6 is 23.6 Å². The Labute approximate surface area is 171 Å². The average molecular weight is 427 g/mol. The summed E-state index contributed by atoms with van der Waals surface area (Å²) in [7, 11) is 4.68. The molecule has 1 aromatic carbocycles. The lowest BCUT2D eigenvalue weighted by molar-refractivity contribution is -0.145. The van der Waals surface area contributed by atoms with Crippen molar-refractivity contribution in [3.8, 4) is 22.8 Å². The van der Waals surface area contributed by atoms with Crippen molar-refractivity contribution in [3.05, 3.63) is 27.0 Å². The van der Waals surface area contributed by atoms with Gasteiger partial charge in [-0.2, -0.15) is 0 Å². The van der Waals surface area contributed by atoms with Crippen LogP contribution in [0.15, 0.2) is 17.5 Å². The third kappa shape index (κ3) is 5.09. The van der Waals surface area contributed by atoms with Crippen molar-refractivity contribution in [3.63, 3.8) is 0 Å². The van der Waals surface area contributed by atoms with Gasteiger partial charge in [-0.1, -0.05) is 0 Å². The minimum Gasteiger partial charge on any atom is -0.496 e. The Morgan fingerprint density at radius 2 is 1.82 bits per heavy atom. The summed E-state index contributed by atoms with van der Waals surface area (Å²) in [5, 5.41) is 1.78. The van der Waals surface area contributed by atoms with Crippen molar-refractivity contribution >= 4 is 35.4 Å². The summed E-state index contributed by atoms with van der Waals surface area (Å²) in [4.78, 5) is 23.8. The standard InChI is InChI=1S/C18H22N2O6S2/c1-5-26-16(22)8-15(21)19-20-12(10-28-18(20)27)17-13(24-3)6-11(9-23-2)7-14(17)25-4/h6-7,10H,5,8-9H2,1-4H3,(H,19,21). The van der Waals surface area contributed by atoms with Crippen LogP contribution in [0, 0.1) is 3.95 Å². The van der Waals surface area contributed by atoms with Gasteiger partial charge in [0.1, 0.15) is 17.9 Å². The molecule has 0 fully saturated rings. The summed E-state index contributed by atoms with van der Waals surface area (Å²) in [6, 6.07) is 3.65. The van der Waals surface area contributed by atoms with Crippen LogP contribution in [-0.2, 0) is 25.7 Å². The summed E-state index contributed by atoms with van der Waals surface area (Å²) in [5.41, 5.74) is 4.70. The zero-order chi connectivity index (χ0) is 20.7. The summed E-state index contributed by atoms with van der Waals surface area (Å²) in [6.07, 6.45) is -0.411. The van der Waals surface area contributed by atoms with E-state index < -0.39 is 18.3 Å². The van der Waals surface area contributed by atoms with E-state index in [1.807, 2.05) is 12.1 Å². The van der Waals surface area contributed by atoms with Crippen LogP contribution in [0.5, 0.6) is 11.5 Å². The highest BCUT2D eigenvalue weighted by molar-refractivity contribution is 7.73. The molecular formula is C18H22N2O6S2. The fourth-order valence-electron chi connectivity index (χ4n) is 2.56. The zero-order valence-corrected chi connectivity index (χ0v) is 17.7. The number of benzene rings is 1. The molecule has 0 atom stereocenters. The fourth-order valence-corrected chi connectivity index (χ4v) is 3.54. The van der Waals surface area contributed by atoms with E-state index in [9.17, 15) is 9.59 Å². The van der Waals surface area contributed by atoms with Crippen LogP contribution < -0.4 is 14.9 Å². The van der Waals surface area contributed by atoms with E-state index in [-0.39, 0.29) is 6.61 Å². The number of nitrogens with zero attached hydrogens (tertiary/aromatic N) is 1. The van der Waals surface area contributed by atoms with Gasteiger partial charge in [-0.25, -0.2) is 4.68 Å². The van der Waals surface area contributed by atoms with Crippen LogP contribution in [0.3, 0.4) is 0 Å². The lowest BCUT2D eigenvalue weighted by Crippen LogP contribution is -2.26. The Hall–Kier alpha value is -2.43. The summed E-state index contributed by atoms with van der Waals surface area (Å²) in [5.74, 6) is -0.0781. The first-order chi connectivity index (χ1) is 13.4. The van der Waals surface area contributed by atoms with E-state index in [4.69, 9.17) is 31.2 Å². The van der Waals surface area contributed by atoms with Gasteiger partial charge in [0.15, 0.2) is 3.95 Å². The molecule has 0 unspecified atom stereocenters. The molecule has 0 radical (unpaired) electrons. The quantitative estimate of drug-likeness (QED) is 0.374. The predicted octanol–water partition coefficient (Wildman–Crippen LogP) is 3.13. The van der Waals surface area contributed by atoms with Crippen molar-refractivity contribution in [2.45, 2.75) is 20.0 Å². The Balaban J connectivity index is 2.45. The first-order valence-corrected chi connectivity index (χ1v) is 9.64. The molecule has 1 N–H and O–H groups in total. The van der Waals surface area contributed by atoms with E-state index in [2.05, 4.69) is 5.43 Å². The maximum atomic E-state index is 12.2. The number of methoxy groups -OCH3 is 3. The Morgan fingerprint density at radius 3 is 2.36 bits per heavy atom. The minimum atomic E-state index is -0.609. The van der Waals surface area contributed by atoms with E-state index in [1.54, 1.807) is 33.6 Å². The Kier molecular flexibility index (Phi) is 7.97. The van der Waals surface area contributed by atoms with Gasteiger partial charge in [-0.05, 0) is 36.8 Å². The second-order valence-electron chi connectivity index (χ2n) is 5.55. The SMILES string of the molecule is CCOC(=O)CC(=O)Nn1c(-c2c(OC)cc(COC)cc2OC)csc1=S. The van der Waals surface area contributed by atoms with Gasteiger partial charge >= 0.3 is 5.97 Å². The Morgan fingerprint density at radius 1 is 1.18 bits per heavy atom. The van der Waals surface area contributed by atoms with Gasteiger partial charge in [0.05, 0.1) is 38.7 Å². The number of rotatable bonds is 9. The molecule has 1 heterocycles. The van der Waals surface area contributed by atoms with Crippen molar-refractivity contribution in [1.29, 1.82) is 0 Å². The number of carbonyl (C=O) groups excluding carboxylic acids is 2. The lowest BCUT2D eigenvalue weighted by atomic mass is 10.1. The van der Waals surface area contributed by atoms with Crippen molar-refractivity contribution < 1.29 is 28.5 Å². The van der Waals surface area contributed by atoms with E-state index in [1.165, 1.54) is 16.0 Å². The van der Waals surface area contributed by atoms with Crippen LogP contribution in [0.4, 0.5) is 0 Å². The molecule has 1 amide bonds. The van der Waals surface area contributed by atoms with E-state index in [0.29, 0.717) is 33.3 Å². The molecule has 0 bridgehead atoms. The molecule has 0 saturated heterocycles. The molecule has 1 aromatic heterocycles. The maximum Gasteiger partial charge on any atom is 0.315 e. The van der Waals surface area contributed by atoms with Gasteiger partial charge in [0.25, 0.3) is 0 Å². The number of carbonyl (C=O) groups is 2. The lowest BCUT2D eigenvalue weighted by Gasteiger charge is -2.17. The number of esters is 1. The third-order valence-corrected chi connectivity index (χ3v) is 4.87. The largest absolute Gasteiger partial charge is 0.496 e. The van der Waals surface area contributed by atoms with Crippen LogP contribution in [-0.4, -0.2) is 44.5 Å². The van der Waals surface area contributed by atoms with Crippen LogP contribution in [0.25, 0.3) is 11.3 Å². The van der Waals surface area contributed by atoms with Gasteiger partial charge in [0.2, 0.25) is 5.91 Å². The van der Waals surface area contributed by atoms with E-state index in [0.717, 1.165) is 5.56 Å². The minimum absolute atomic E-state index is 0.206. The van der Waals surface area contributed by atoms with Crippen molar-refractivity contribution in [1.82, 2.24) is 4.68 Å². The van der Waals surface area contributed by atoms with Gasteiger partial charge in [-0.15, -0.1) is 11.3 Å². The molecule has 28 heavy (non-hydrogen) atoms. The highest BCUT2D eigenvalue weighted by Gasteiger charge is 2.21. The molecule has 0 aliphatic carbocycles. The van der Waals surface area contributed by atoms with Crippen molar-refractivity contribution in [2.24, 2.45) is 0 Å². The molecular weight excluding hydrogens is 404 g/mol. The van der Waals surface area contributed by atoms with Crippen molar-refractivity contribution in [2.75, 3.05) is 33.4 Å². The predicted molar refractivity (Wildman–Crippen MR) is 108 cm³/mol. The normalized spacial score (nSPS) is 10.4. The summed E-state index contributed by atoms with van der Waals surface area (Å²) < 4.78 is 22.9. The number of aromatic nitrogens is 1. The number of amides is 1. The highest BCUT2D eigenvalue weighted by Crippen LogP contribution is 2.40. The molecule has 8 nitrogen and oxygen atoms in total. The number of hydrogen-bond donors (Lipinski definition) is 1. The second-order valence-corrected chi connectivity index (χ2v) is 7.05. The van der Waals surface area contributed by atoms with E-state index >= 15 is 0 Å². The first-order valence-electron chi connectivity index (χ1n) is 8.35. The van der Waals surface area contributed by atoms with Crippen LogP contribution in [0.2, 0.25) is 0 Å². The Bertz CT molecular complexity index is 881. The number of nitrogens with one attached hydrogen (secondary N) is 1. The number of ether oxygens (including phenoxy) is 4. The molecule has 0 spiro atoms. The maximum absolute atomic E-state index is 12.2. The number of hydrogen-bond acceptors (Lipinski definition) is 8. The fraction of sp³-hybridized carbons (Fsp3) is 0.389. The third-order valence-electron chi connectivity index (χ3n) is 3.67. The molecule has 2 aromatic rings. The average Bonchev–Trinajstić information content (AvgIpc) is 3.01. The number of thiazole rings is 1. The molecule has 0 aliphatic rings. The monoisotopic (exact) mass is 426 g/mol. The second kappa shape index (κ2) is 10.2. The first kappa shape index (κ1) is 21.9. The molecule has 0 aliphatic heterocycles.